The molecule has 1 aliphatic carbocycles. The summed E-state index contributed by atoms with van der Waals surface area (Å²) in [5.74, 6) is 0.268. The summed E-state index contributed by atoms with van der Waals surface area (Å²) < 4.78 is 0. The Balaban J connectivity index is 1.67. The second-order valence-electron chi connectivity index (χ2n) is 4.93. The van der Waals surface area contributed by atoms with Gasteiger partial charge < -0.3 is 11.1 Å². The number of nitrogens with one attached hydrogen (secondary N) is 1. The van der Waals surface area contributed by atoms with Gasteiger partial charge in [0.2, 0.25) is 0 Å². The summed E-state index contributed by atoms with van der Waals surface area (Å²) in [6, 6.07) is 8.38. The summed E-state index contributed by atoms with van der Waals surface area (Å²) in [5.41, 5.74) is 8.55. The van der Waals surface area contributed by atoms with Crippen LogP contribution in [0.2, 0.25) is 0 Å². The van der Waals surface area contributed by atoms with Crippen LogP contribution in [0.5, 0.6) is 0 Å². The van der Waals surface area contributed by atoms with Gasteiger partial charge in [-0.05, 0) is 24.0 Å². The first-order chi connectivity index (χ1) is 9.75. The summed E-state index contributed by atoms with van der Waals surface area (Å²) in [5, 5.41) is 2.90. The number of aromatic nitrogens is 2. The lowest BCUT2D eigenvalue weighted by atomic mass is 10.0. The molecular formula is C15H16N4O. The molecule has 1 aliphatic rings. The molecule has 0 aliphatic heterocycles. The van der Waals surface area contributed by atoms with Crippen molar-refractivity contribution < 1.29 is 4.79 Å². The number of anilines is 1. The van der Waals surface area contributed by atoms with Crippen molar-refractivity contribution >= 4 is 11.7 Å². The number of nitrogen functional groups attached to an aromatic ring is 1. The molecule has 1 aromatic carbocycles. The third-order valence-corrected chi connectivity index (χ3v) is 3.71. The average molecular weight is 268 g/mol. The highest BCUT2D eigenvalue weighted by Crippen LogP contribution is 2.32. The van der Waals surface area contributed by atoms with Gasteiger partial charge in [-0.3, -0.25) is 4.79 Å². The molecule has 3 N–H and O–H groups in total. The number of fused-ring (bicyclic) bond motifs is 1. The van der Waals surface area contributed by atoms with E-state index in [0.29, 0.717) is 12.5 Å². The first-order valence-electron chi connectivity index (χ1n) is 6.68. The average Bonchev–Trinajstić information content (AvgIpc) is 2.88. The lowest BCUT2D eigenvalue weighted by Gasteiger charge is -2.12. The Bertz CT molecular complexity index is 641. The molecule has 5 heteroatoms. The number of carbonyl (C=O) groups is 1. The van der Waals surface area contributed by atoms with Crippen LogP contribution in [-0.4, -0.2) is 22.4 Å². The van der Waals surface area contributed by atoms with Crippen LogP contribution in [0.25, 0.3) is 0 Å². The van der Waals surface area contributed by atoms with E-state index in [9.17, 15) is 4.79 Å². The molecule has 20 heavy (non-hydrogen) atoms. The molecule has 0 bridgehead atoms. The van der Waals surface area contributed by atoms with Crippen LogP contribution in [0.3, 0.4) is 0 Å². The van der Waals surface area contributed by atoms with E-state index in [1.165, 1.54) is 23.5 Å². The van der Waals surface area contributed by atoms with Crippen LogP contribution < -0.4 is 11.1 Å². The van der Waals surface area contributed by atoms with Crippen molar-refractivity contribution in [2.45, 2.75) is 18.8 Å². The van der Waals surface area contributed by atoms with Gasteiger partial charge in [-0.1, -0.05) is 24.3 Å². The van der Waals surface area contributed by atoms with Crippen molar-refractivity contribution in [3.8, 4) is 0 Å². The molecule has 0 saturated heterocycles. The van der Waals surface area contributed by atoms with Crippen LogP contribution in [-0.2, 0) is 6.42 Å². The Hall–Kier alpha value is -2.43. The highest BCUT2D eigenvalue weighted by atomic mass is 16.1. The molecule has 1 aromatic heterocycles. The van der Waals surface area contributed by atoms with Gasteiger partial charge in [-0.25, -0.2) is 9.97 Å². The van der Waals surface area contributed by atoms with Crippen molar-refractivity contribution in [3.05, 3.63) is 53.5 Å². The minimum atomic E-state index is -0.264. The van der Waals surface area contributed by atoms with Crippen molar-refractivity contribution in [2.24, 2.45) is 0 Å². The maximum Gasteiger partial charge on any atom is 0.273 e. The molecule has 0 spiro atoms. The SMILES string of the molecule is Nc1nccnc1C(=O)NCC1CCc2ccccc21. The smallest absolute Gasteiger partial charge is 0.273 e. The summed E-state index contributed by atoms with van der Waals surface area (Å²) in [7, 11) is 0. The highest BCUT2D eigenvalue weighted by Gasteiger charge is 2.23. The third-order valence-electron chi connectivity index (χ3n) is 3.71. The lowest BCUT2D eigenvalue weighted by Crippen LogP contribution is -2.29. The topological polar surface area (TPSA) is 80.9 Å². The number of aryl methyl sites for hydroxylation is 1. The molecule has 1 amide bonds. The molecule has 1 atom stereocenters. The van der Waals surface area contributed by atoms with E-state index in [4.69, 9.17) is 5.73 Å². The van der Waals surface area contributed by atoms with Gasteiger partial charge in [0.25, 0.3) is 5.91 Å². The Morgan fingerprint density at radius 3 is 2.95 bits per heavy atom. The number of hydrogen-bond donors (Lipinski definition) is 2. The van der Waals surface area contributed by atoms with Gasteiger partial charge in [0, 0.05) is 24.9 Å². The van der Waals surface area contributed by atoms with Gasteiger partial charge in [-0.2, -0.15) is 0 Å². The summed E-state index contributed by atoms with van der Waals surface area (Å²) in [6.07, 6.45) is 5.08. The second kappa shape index (κ2) is 5.28. The maximum atomic E-state index is 12.0. The zero-order valence-corrected chi connectivity index (χ0v) is 11.0. The molecule has 102 valence electrons. The molecule has 5 nitrogen and oxygen atoms in total. The van der Waals surface area contributed by atoms with E-state index in [1.54, 1.807) is 0 Å². The molecular weight excluding hydrogens is 252 g/mol. The summed E-state index contributed by atoms with van der Waals surface area (Å²) in [6.45, 7) is 0.603. The molecule has 1 heterocycles. The number of nitrogens with two attached hydrogens (primary N) is 1. The number of amides is 1. The Kier molecular flexibility index (Phi) is 3.33. The van der Waals surface area contributed by atoms with Crippen molar-refractivity contribution in [3.63, 3.8) is 0 Å². The number of nitrogens with zero attached hydrogens (tertiary/aromatic N) is 2. The predicted octanol–water partition coefficient (Wildman–Crippen LogP) is 1.52. The van der Waals surface area contributed by atoms with Crippen LogP contribution in [0.4, 0.5) is 5.82 Å². The van der Waals surface area contributed by atoms with Gasteiger partial charge >= 0.3 is 0 Å². The Morgan fingerprint density at radius 1 is 1.30 bits per heavy atom. The third kappa shape index (κ3) is 2.34. The fourth-order valence-electron chi connectivity index (χ4n) is 2.68. The zero-order chi connectivity index (χ0) is 13.9. The van der Waals surface area contributed by atoms with Gasteiger partial charge in [0.1, 0.15) is 0 Å². The van der Waals surface area contributed by atoms with Crippen molar-refractivity contribution in [1.82, 2.24) is 15.3 Å². The van der Waals surface area contributed by atoms with E-state index >= 15 is 0 Å². The monoisotopic (exact) mass is 268 g/mol. The van der Waals surface area contributed by atoms with Crippen LogP contribution >= 0.6 is 0 Å². The minimum absolute atomic E-state index is 0.164. The van der Waals surface area contributed by atoms with Gasteiger partial charge in [-0.15, -0.1) is 0 Å². The molecule has 1 unspecified atom stereocenters. The van der Waals surface area contributed by atoms with E-state index in [2.05, 4.69) is 33.5 Å². The summed E-state index contributed by atoms with van der Waals surface area (Å²) in [4.78, 5) is 19.9. The normalized spacial score (nSPS) is 16.7. The fourth-order valence-corrected chi connectivity index (χ4v) is 2.68. The van der Waals surface area contributed by atoms with E-state index in [1.807, 2.05) is 6.07 Å². The van der Waals surface area contributed by atoms with Crippen LogP contribution in [0.15, 0.2) is 36.7 Å². The second-order valence-corrected chi connectivity index (χ2v) is 4.93. The molecule has 3 rings (SSSR count). The Labute approximate surface area is 117 Å². The molecule has 0 fully saturated rings. The fraction of sp³-hybridized carbons (Fsp3) is 0.267. The zero-order valence-electron chi connectivity index (χ0n) is 11.0. The number of carbonyl (C=O) groups excluding carboxylic acids is 1. The van der Waals surface area contributed by atoms with Crippen molar-refractivity contribution in [1.29, 1.82) is 0 Å². The van der Waals surface area contributed by atoms with Crippen LogP contribution in [0, 0.1) is 0 Å². The standard InChI is InChI=1S/C15H16N4O/c16-14-13(17-7-8-18-14)15(20)19-9-11-6-5-10-3-1-2-4-12(10)11/h1-4,7-8,11H,5-6,9H2,(H2,16,18)(H,19,20). The largest absolute Gasteiger partial charge is 0.382 e. The van der Waals surface area contributed by atoms with Gasteiger partial charge in [0.05, 0.1) is 0 Å². The van der Waals surface area contributed by atoms with E-state index in [-0.39, 0.29) is 17.4 Å². The molecule has 0 saturated carbocycles. The highest BCUT2D eigenvalue weighted by molar-refractivity contribution is 5.96. The van der Waals surface area contributed by atoms with Gasteiger partial charge in [0.15, 0.2) is 11.5 Å². The number of hydrogen-bond acceptors (Lipinski definition) is 4. The first-order valence-corrected chi connectivity index (χ1v) is 6.68. The Morgan fingerprint density at radius 2 is 2.10 bits per heavy atom. The van der Waals surface area contributed by atoms with Crippen molar-refractivity contribution in [2.75, 3.05) is 12.3 Å². The van der Waals surface area contributed by atoms with E-state index < -0.39 is 0 Å². The minimum Gasteiger partial charge on any atom is -0.382 e. The molecule has 0 radical (unpaired) electrons. The number of rotatable bonds is 3. The summed E-state index contributed by atoms with van der Waals surface area (Å²) >= 11 is 0. The first kappa shape index (κ1) is 12.6. The quantitative estimate of drug-likeness (QED) is 0.884. The molecule has 2 aromatic rings. The van der Waals surface area contributed by atoms with E-state index in [0.717, 1.165) is 12.8 Å². The van der Waals surface area contributed by atoms with Crippen LogP contribution in [0.1, 0.15) is 34.0 Å². The number of benzene rings is 1. The maximum absolute atomic E-state index is 12.0. The lowest BCUT2D eigenvalue weighted by molar-refractivity contribution is 0.0947. The predicted molar refractivity (Wildman–Crippen MR) is 76.3 cm³/mol.